The summed E-state index contributed by atoms with van der Waals surface area (Å²) in [5.74, 6) is -3.07. The molecule has 1 heterocycles. The Balaban J connectivity index is 1.79. The van der Waals surface area contributed by atoms with E-state index in [9.17, 15) is 23.9 Å². The summed E-state index contributed by atoms with van der Waals surface area (Å²) in [4.78, 5) is 38.8. The molecule has 2 aromatic carbocycles. The van der Waals surface area contributed by atoms with E-state index in [0.717, 1.165) is 11.1 Å². The van der Waals surface area contributed by atoms with Gasteiger partial charge in [0.2, 0.25) is 5.91 Å². The third-order valence-corrected chi connectivity index (χ3v) is 5.84. The van der Waals surface area contributed by atoms with Gasteiger partial charge in [-0.3, -0.25) is 14.4 Å². The standard InChI is InChI=1S/C25H28FNO5/c1-2-32-25(31)20(10-7-17-8-13-21(26)14-9-17)15-19-12-11-18-5-3-4-6-22(18)27(24(19)30)16-23(28)29/h3-6,8-9,13-14,19-20H,2,7,10-12,15-16H2,1H3,(H,28,29)/t19-,20?/m1/s1. The zero-order valence-corrected chi connectivity index (χ0v) is 18.1. The number of nitrogens with zero attached hydrogens (tertiary/aromatic N) is 1. The number of carbonyl (C=O) groups excluding carboxylic acids is 2. The predicted octanol–water partition coefficient (Wildman–Crippen LogP) is 4.01. The van der Waals surface area contributed by atoms with Crippen molar-refractivity contribution in [3.8, 4) is 0 Å². The van der Waals surface area contributed by atoms with Crippen molar-refractivity contribution >= 4 is 23.5 Å². The molecule has 0 bridgehead atoms. The fourth-order valence-electron chi connectivity index (χ4n) is 4.22. The first-order chi connectivity index (χ1) is 15.4. The van der Waals surface area contributed by atoms with Crippen molar-refractivity contribution < 1.29 is 28.6 Å². The first-order valence-corrected chi connectivity index (χ1v) is 10.9. The summed E-state index contributed by atoms with van der Waals surface area (Å²) >= 11 is 0. The van der Waals surface area contributed by atoms with Gasteiger partial charge in [-0.25, -0.2) is 4.39 Å². The molecule has 0 saturated heterocycles. The van der Waals surface area contributed by atoms with Gasteiger partial charge in [-0.1, -0.05) is 30.3 Å². The molecule has 170 valence electrons. The zero-order valence-electron chi connectivity index (χ0n) is 18.1. The molecule has 6 nitrogen and oxygen atoms in total. The highest BCUT2D eigenvalue weighted by atomic mass is 19.1. The molecule has 1 aliphatic heterocycles. The Morgan fingerprint density at radius 3 is 2.59 bits per heavy atom. The van der Waals surface area contributed by atoms with E-state index in [1.165, 1.54) is 17.0 Å². The Morgan fingerprint density at radius 1 is 1.19 bits per heavy atom. The number of aryl methyl sites for hydroxylation is 2. The van der Waals surface area contributed by atoms with Crippen molar-refractivity contribution in [1.82, 2.24) is 0 Å². The number of anilines is 1. The maximum atomic E-state index is 13.3. The number of aliphatic carboxylic acids is 1. The minimum atomic E-state index is -1.09. The summed E-state index contributed by atoms with van der Waals surface area (Å²) in [7, 11) is 0. The van der Waals surface area contributed by atoms with E-state index in [-0.39, 0.29) is 30.7 Å². The van der Waals surface area contributed by atoms with E-state index in [4.69, 9.17) is 4.74 Å². The topological polar surface area (TPSA) is 83.9 Å². The Kier molecular flexibility index (Phi) is 7.98. The maximum Gasteiger partial charge on any atom is 0.323 e. The predicted molar refractivity (Wildman–Crippen MR) is 118 cm³/mol. The number of rotatable bonds is 9. The molecule has 32 heavy (non-hydrogen) atoms. The number of carboxylic acid groups (broad SMARTS) is 1. The van der Waals surface area contributed by atoms with E-state index in [0.29, 0.717) is 31.4 Å². The van der Waals surface area contributed by atoms with Crippen molar-refractivity contribution in [2.24, 2.45) is 11.8 Å². The average Bonchev–Trinajstić information content (AvgIpc) is 2.89. The summed E-state index contributed by atoms with van der Waals surface area (Å²) < 4.78 is 18.4. The Bertz CT molecular complexity index is 959. The molecule has 1 amide bonds. The molecule has 0 radical (unpaired) electrons. The number of hydrogen-bond acceptors (Lipinski definition) is 4. The Hall–Kier alpha value is -3.22. The normalized spacial score (nSPS) is 16.8. The minimum absolute atomic E-state index is 0.237. The minimum Gasteiger partial charge on any atom is -0.480 e. The first-order valence-electron chi connectivity index (χ1n) is 10.9. The molecule has 7 heteroatoms. The molecule has 0 spiro atoms. The average molecular weight is 441 g/mol. The lowest BCUT2D eigenvalue weighted by Crippen LogP contribution is -2.40. The molecule has 2 aromatic rings. The third kappa shape index (κ3) is 5.93. The molecule has 0 aliphatic carbocycles. The van der Waals surface area contributed by atoms with E-state index >= 15 is 0 Å². The van der Waals surface area contributed by atoms with Crippen LogP contribution < -0.4 is 4.90 Å². The van der Waals surface area contributed by atoms with E-state index < -0.39 is 24.3 Å². The number of amides is 1. The van der Waals surface area contributed by atoms with E-state index in [1.54, 1.807) is 31.2 Å². The molecule has 0 saturated carbocycles. The fourth-order valence-corrected chi connectivity index (χ4v) is 4.22. The van der Waals surface area contributed by atoms with Gasteiger partial charge < -0.3 is 14.7 Å². The van der Waals surface area contributed by atoms with Crippen LogP contribution in [0.3, 0.4) is 0 Å². The number of esters is 1. The van der Waals surface area contributed by atoms with Gasteiger partial charge in [0, 0.05) is 11.6 Å². The van der Waals surface area contributed by atoms with Gasteiger partial charge >= 0.3 is 11.9 Å². The lowest BCUT2D eigenvalue weighted by molar-refractivity contribution is -0.149. The van der Waals surface area contributed by atoms with Crippen LogP contribution in [-0.2, 0) is 32.0 Å². The summed E-state index contributed by atoms with van der Waals surface area (Å²) in [5.41, 5.74) is 2.43. The molecule has 3 rings (SSSR count). The lowest BCUT2D eigenvalue weighted by Gasteiger charge is -2.26. The molecule has 0 fully saturated rings. The van der Waals surface area contributed by atoms with Crippen LogP contribution in [0.5, 0.6) is 0 Å². The molecule has 0 aromatic heterocycles. The fraction of sp³-hybridized carbons (Fsp3) is 0.400. The highest BCUT2D eigenvalue weighted by molar-refractivity contribution is 6.00. The number of benzene rings is 2. The van der Waals surface area contributed by atoms with Crippen LogP contribution in [-0.4, -0.2) is 36.1 Å². The number of para-hydroxylation sites is 1. The molecular weight excluding hydrogens is 413 g/mol. The van der Waals surface area contributed by atoms with E-state index in [1.807, 2.05) is 12.1 Å². The number of hydrogen-bond donors (Lipinski definition) is 1. The van der Waals surface area contributed by atoms with Gasteiger partial charge in [0.05, 0.1) is 12.5 Å². The molecule has 2 atom stereocenters. The van der Waals surface area contributed by atoms with Gasteiger partial charge in [-0.15, -0.1) is 0 Å². The Morgan fingerprint density at radius 2 is 1.91 bits per heavy atom. The summed E-state index contributed by atoms with van der Waals surface area (Å²) in [6.45, 7) is 1.55. The molecule has 1 unspecified atom stereocenters. The second-order valence-electron chi connectivity index (χ2n) is 8.03. The number of fused-ring (bicyclic) bond motifs is 1. The van der Waals surface area contributed by atoms with E-state index in [2.05, 4.69) is 0 Å². The first kappa shape index (κ1) is 23.4. The van der Waals surface area contributed by atoms with Gasteiger partial charge in [0.1, 0.15) is 12.4 Å². The number of carboxylic acids is 1. The highest BCUT2D eigenvalue weighted by Crippen LogP contribution is 2.33. The number of halogens is 1. The van der Waals surface area contributed by atoms with Crippen molar-refractivity contribution in [3.63, 3.8) is 0 Å². The smallest absolute Gasteiger partial charge is 0.323 e. The Labute approximate surface area is 187 Å². The van der Waals surface area contributed by atoms with Crippen LogP contribution in [0, 0.1) is 17.7 Å². The van der Waals surface area contributed by atoms with Crippen molar-refractivity contribution in [2.45, 2.75) is 39.0 Å². The number of ether oxygens (including phenoxy) is 1. The van der Waals surface area contributed by atoms with Crippen LogP contribution in [0.15, 0.2) is 48.5 Å². The largest absolute Gasteiger partial charge is 0.480 e. The van der Waals surface area contributed by atoms with Gasteiger partial charge in [-0.05, 0) is 68.4 Å². The summed E-state index contributed by atoms with van der Waals surface area (Å²) in [5, 5.41) is 9.36. The number of carbonyl (C=O) groups is 3. The summed E-state index contributed by atoms with van der Waals surface area (Å²) in [6.07, 6.45) is 2.43. The molecule has 1 N–H and O–H groups in total. The quantitative estimate of drug-likeness (QED) is 0.595. The van der Waals surface area contributed by atoms with Gasteiger partial charge in [0.25, 0.3) is 0 Å². The van der Waals surface area contributed by atoms with Crippen molar-refractivity contribution in [2.75, 3.05) is 18.1 Å². The second kappa shape index (κ2) is 10.9. The van der Waals surface area contributed by atoms with Crippen LogP contribution in [0.25, 0.3) is 0 Å². The van der Waals surface area contributed by atoms with Crippen molar-refractivity contribution in [3.05, 3.63) is 65.5 Å². The lowest BCUT2D eigenvalue weighted by atomic mass is 9.86. The summed E-state index contributed by atoms with van der Waals surface area (Å²) in [6, 6.07) is 13.4. The van der Waals surface area contributed by atoms with Crippen LogP contribution in [0.1, 0.15) is 37.3 Å². The second-order valence-corrected chi connectivity index (χ2v) is 8.03. The SMILES string of the molecule is CCOC(=O)C(CCc1ccc(F)cc1)C[C@H]1CCc2ccccc2N(CC(=O)O)C1=O. The van der Waals surface area contributed by atoms with Crippen LogP contribution >= 0.6 is 0 Å². The monoisotopic (exact) mass is 441 g/mol. The van der Waals surface area contributed by atoms with Crippen molar-refractivity contribution in [1.29, 1.82) is 0 Å². The molecular formula is C25H28FNO5. The maximum absolute atomic E-state index is 13.3. The third-order valence-electron chi connectivity index (χ3n) is 5.84. The zero-order chi connectivity index (χ0) is 23.1. The van der Waals surface area contributed by atoms with Gasteiger partial charge in [0.15, 0.2) is 0 Å². The van der Waals surface area contributed by atoms with Gasteiger partial charge in [-0.2, -0.15) is 0 Å². The highest BCUT2D eigenvalue weighted by Gasteiger charge is 2.34. The molecule has 1 aliphatic rings. The van der Waals surface area contributed by atoms with Crippen LogP contribution in [0.2, 0.25) is 0 Å². The van der Waals surface area contributed by atoms with Crippen LogP contribution in [0.4, 0.5) is 10.1 Å².